The van der Waals surface area contributed by atoms with Crippen molar-refractivity contribution in [3.05, 3.63) is 36.9 Å². The summed E-state index contributed by atoms with van der Waals surface area (Å²) in [6.07, 6.45) is 8.91. The van der Waals surface area contributed by atoms with Crippen molar-refractivity contribution in [3.8, 4) is 17.2 Å². The summed E-state index contributed by atoms with van der Waals surface area (Å²) in [4.78, 5) is 7.42. The minimum absolute atomic E-state index is 0.168. The molecule has 0 aliphatic heterocycles. The highest BCUT2D eigenvalue weighted by Crippen LogP contribution is 2.29. The lowest BCUT2D eigenvalue weighted by Gasteiger charge is -2.24. The molecule has 0 radical (unpaired) electrons. The minimum Gasteiger partial charge on any atom is -0.346 e. The van der Waals surface area contributed by atoms with Crippen LogP contribution in [0.15, 0.2) is 36.9 Å². The number of nitriles is 1. The van der Waals surface area contributed by atoms with Crippen molar-refractivity contribution in [1.82, 2.24) is 19.7 Å². The van der Waals surface area contributed by atoms with Gasteiger partial charge in [0.15, 0.2) is 0 Å². The summed E-state index contributed by atoms with van der Waals surface area (Å²) in [5, 5.41) is 14.3. The summed E-state index contributed by atoms with van der Waals surface area (Å²) in [6, 6.07) is 6.22. The Balaban J connectivity index is 1.99. The van der Waals surface area contributed by atoms with Crippen molar-refractivity contribution in [2.24, 2.45) is 0 Å². The predicted octanol–water partition coefficient (Wildman–Crippen LogP) is 3.47. The van der Waals surface area contributed by atoms with Gasteiger partial charge in [0.25, 0.3) is 0 Å². The van der Waals surface area contributed by atoms with Crippen LogP contribution in [0.5, 0.6) is 0 Å². The Morgan fingerprint density at radius 3 is 3.05 bits per heavy atom. The number of pyridine rings is 1. The van der Waals surface area contributed by atoms with Crippen LogP contribution in [0.1, 0.15) is 26.7 Å². The van der Waals surface area contributed by atoms with Crippen molar-refractivity contribution in [1.29, 1.82) is 5.26 Å². The second-order valence-corrected chi connectivity index (χ2v) is 5.74. The fraction of sp³-hybridized carbons (Fsp3) is 0.312. The molecule has 5 nitrogen and oxygen atoms in total. The van der Waals surface area contributed by atoms with Crippen molar-refractivity contribution < 1.29 is 0 Å². The van der Waals surface area contributed by atoms with Crippen LogP contribution in [0.2, 0.25) is 0 Å². The normalized spacial score (nSPS) is 11.7. The number of hydrogen-bond donors (Lipinski definition) is 1. The maximum atomic E-state index is 8.76. The largest absolute Gasteiger partial charge is 0.346 e. The standard InChI is InChI=1S/C16H17N5/c1-16(2,6-3-7-17)21-11-12(10-20-21)13-4-8-18-15-14(13)5-9-19-15/h4-5,8-11H,3,6H2,1-2H3,(H,18,19). The first-order chi connectivity index (χ1) is 10.1. The first kappa shape index (κ1) is 13.4. The van der Waals surface area contributed by atoms with Gasteiger partial charge in [0.2, 0.25) is 0 Å². The molecule has 0 aliphatic rings. The van der Waals surface area contributed by atoms with Crippen LogP contribution in [0.4, 0.5) is 0 Å². The van der Waals surface area contributed by atoms with E-state index in [1.807, 2.05) is 35.4 Å². The summed E-state index contributed by atoms with van der Waals surface area (Å²) in [5.41, 5.74) is 2.89. The van der Waals surface area contributed by atoms with E-state index in [9.17, 15) is 0 Å². The molecule has 0 saturated carbocycles. The number of hydrogen-bond acceptors (Lipinski definition) is 3. The lowest BCUT2D eigenvalue weighted by atomic mass is 9.99. The Labute approximate surface area is 123 Å². The fourth-order valence-electron chi connectivity index (χ4n) is 2.48. The number of fused-ring (bicyclic) bond motifs is 1. The van der Waals surface area contributed by atoms with Gasteiger partial charge in [0, 0.05) is 36.0 Å². The summed E-state index contributed by atoms with van der Waals surface area (Å²) >= 11 is 0. The second kappa shape index (κ2) is 5.06. The molecule has 0 amide bonds. The highest BCUT2D eigenvalue weighted by Gasteiger charge is 2.21. The Morgan fingerprint density at radius 2 is 2.24 bits per heavy atom. The molecule has 5 heteroatoms. The van der Waals surface area contributed by atoms with Gasteiger partial charge in [-0.3, -0.25) is 4.68 Å². The molecule has 3 heterocycles. The SMILES string of the molecule is CC(C)(CCC#N)n1cc(-c2ccnc3[nH]ccc23)cn1. The van der Waals surface area contributed by atoms with Crippen LogP contribution < -0.4 is 0 Å². The molecule has 0 bridgehead atoms. The number of nitrogens with one attached hydrogen (secondary N) is 1. The van der Waals surface area contributed by atoms with E-state index >= 15 is 0 Å². The third-order valence-electron chi connectivity index (χ3n) is 3.82. The number of rotatable bonds is 4. The lowest BCUT2D eigenvalue weighted by molar-refractivity contribution is 0.299. The molecule has 106 valence electrons. The monoisotopic (exact) mass is 279 g/mol. The Hall–Kier alpha value is -2.61. The molecule has 0 aromatic carbocycles. The van der Waals surface area contributed by atoms with Gasteiger partial charge < -0.3 is 4.98 Å². The van der Waals surface area contributed by atoms with E-state index in [4.69, 9.17) is 5.26 Å². The van der Waals surface area contributed by atoms with E-state index in [2.05, 4.69) is 35.0 Å². The summed E-state index contributed by atoms with van der Waals surface area (Å²) in [7, 11) is 0. The van der Waals surface area contributed by atoms with E-state index in [-0.39, 0.29) is 5.54 Å². The molecule has 0 aliphatic carbocycles. The van der Waals surface area contributed by atoms with Crippen LogP contribution >= 0.6 is 0 Å². The van der Waals surface area contributed by atoms with E-state index in [1.54, 1.807) is 6.20 Å². The van der Waals surface area contributed by atoms with Gasteiger partial charge in [-0.1, -0.05) is 0 Å². The fourth-order valence-corrected chi connectivity index (χ4v) is 2.48. The van der Waals surface area contributed by atoms with E-state index in [1.165, 1.54) is 0 Å². The van der Waals surface area contributed by atoms with Gasteiger partial charge in [-0.25, -0.2) is 4.98 Å². The van der Waals surface area contributed by atoms with Crippen molar-refractivity contribution in [3.63, 3.8) is 0 Å². The van der Waals surface area contributed by atoms with E-state index in [0.717, 1.165) is 28.6 Å². The maximum absolute atomic E-state index is 8.76. The molecule has 0 atom stereocenters. The van der Waals surface area contributed by atoms with Crippen molar-refractivity contribution >= 4 is 11.0 Å². The van der Waals surface area contributed by atoms with Gasteiger partial charge in [-0.2, -0.15) is 10.4 Å². The summed E-state index contributed by atoms with van der Waals surface area (Å²) < 4.78 is 1.94. The molecule has 3 aromatic heterocycles. The lowest BCUT2D eigenvalue weighted by Crippen LogP contribution is -2.26. The first-order valence-corrected chi connectivity index (χ1v) is 6.96. The molecule has 0 spiro atoms. The molecule has 3 aromatic rings. The third kappa shape index (κ3) is 2.40. The number of nitrogens with zero attached hydrogens (tertiary/aromatic N) is 4. The molecular formula is C16H17N5. The van der Waals surface area contributed by atoms with Gasteiger partial charge >= 0.3 is 0 Å². The average Bonchev–Trinajstić information content (AvgIpc) is 3.13. The van der Waals surface area contributed by atoms with Crippen LogP contribution in [-0.4, -0.2) is 19.7 Å². The van der Waals surface area contributed by atoms with Gasteiger partial charge in [0.1, 0.15) is 5.65 Å². The van der Waals surface area contributed by atoms with Crippen LogP contribution in [0.25, 0.3) is 22.2 Å². The zero-order valence-electron chi connectivity index (χ0n) is 12.2. The van der Waals surface area contributed by atoms with Crippen molar-refractivity contribution in [2.45, 2.75) is 32.2 Å². The smallest absolute Gasteiger partial charge is 0.137 e. The van der Waals surface area contributed by atoms with Crippen LogP contribution in [-0.2, 0) is 5.54 Å². The highest BCUT2D eigenvalue weighted by molar-refractivity contribution is 5.92. The molecule has 0 fully saturated rings. The Bertz CT molecular complexity index is 803. The quantitative estimate of drug-likeness (QED) is 0.795. The second-order valence-electron chi connectivity index (χ2n) is 5.74. The predicted molar refractivity (Wildman–Crippen MR) is 81.5 cm³/mol. The first-order valence-electron chi connectivity index (χ1n) is 6.96. The van der Waals surface area contributed by atoms with E-state index < -0.39 is 0 Å². The minimum atomic E-state index is -0.168. The Morgan fingerprint density at radius 1 is 1.38 bits per heavy atom. The topological polar surface area (TPSA) is 70.3 Å². The Kier molecular flexibility index (Phi) is 3.22. The average molecular weight is 279 g/mol. The summed E-state index contributed by atoms with van der Waals surface area (Å²) in [5.74, 6) is 0. The van der Waals surface area contributed by atoms with Crippen molar-refractivity contribution in [2.75, 3.05) is 0 Å². The highest BCUT2D eigenvalue weighted by atomic mass is 15.3. The maximum Gasteiger partial charge on any atom is 0.137 e. The molecule has 3 rings (SSSR count). The molecule has 0 unspecified atom stereocenters. The third-order valence-corrected chi connectivity index (χ3v) is 3.82. The zero-order chi connectivity index (χ0) is 14.9. The van der Waals surface area contributed by atoms with E-state index in [0.29, 0.717) is 6.42 Å². The number of H-pyrrole nitrogens is 1. The summed E-state index contributed by atoms with van der Waals surface area (Å²) in [6.45, 7) is 4.19. The zero-order valence-corrected chi connectivity index (χ0v) is 12.2. The number of aromatic nitrogens is 4. The van der Waals surface area contributed by atoms with Gasteiger partial charge in [-0.15, -0.1) is 0 Å². The van der Waals surface area contributed by atoms with Crippen LogP contribution in [0, 0.1) is 11.3 Å². The molecule has 1 N–H and O–H groups in total. The number of aromatic amines is 1. The van der Waals surface area contributed by atoms with Gasteiger partial charge in [-0.05, 0) is 38.0 Å². The molecule has 21 heavy (non-hydrogen) atoms. The molecular weight excluding hydrogens is 262 g/mol. The molecule has 0 saturated heterocycles. The van der Waals surface area contributed by atoms with Gasteiger partial charge in [0.05, 0.1) is 17.8 Å². The van der Waals surface area contributed by atoms with Crippen LogP contribution in [0.3, 0.4) is 0 Å².